The highest BCUT2D eigenvalue weighted by molar-refractivity contribution is 5.75. The average molecular weight is 272 g/mol. The Morgan fingerprint density at radius 3 is 2.53 bits per heavy atom. The zero-order valence-electron chi connectivity index (χ0n) is 13.1. The minimum absolute atomic E-state index is 0.116. The van der Waals surface area contributed by atoms with Crippen molar-refractivity contribution in [2.24, 2.45) is 11.7 Å². The highest BCUT2D eigenvalue weighted by Gasteiger charge is 2.23. The molecule has 114 valence electrons. The number of ether oxygens (including phenoxy) is 1. The fourth-order valence-electron chi connectivity index (χ4n) is 1.63. The second-order valence-corrected chi connectivity index (χ2v) is 5.88. The first kappa shape index (κ1) is 18.4. The Hall–Kier alpha value is -0.610. The van der Waals surface area contributed by atoms with E-state index in [0.717, 1.165) is 32.3 Å². The van der Waals surface area contributed by atoms with E-state index in [2.05, 4.69) is 33.0 Å². The minimum atomic E-state index is -0.253. The Labute approximate surface area is 118 Å². The van der Waals surface area contributed by atoms with Crippen LogP contribution in [0.1, 0.15) is 59.8 Å². The number of hydrogen-bond donors (Lipinski definition) is 2. The van der Waals surface area contributed by atoms with E-state index in [1.165, 1.54) is 0 Å². The molecule has 3 N–H and O–H groups in total. The summed E-state index contributed by atoms with van der Waals surface area (Å²) in [6.07, 6.45) is 4.42. The van der Waals surface area contributed by atoms with Gasteiger partial charge in [0.1, 0.15) is 0 Å². The predicted octanol–water partition coefficient (Wildman–Crippen LogP) is 2.46. The van der Waals surface area contributed by atoms with Gasteiger partial charge in [0, 0.05) is 19.6 Å². The van der Waals surface area contributed by atoms with Crippen molar-refractivity contribution in [1.82, 2.24) is 5.32 Å². The van der Waals surface area contributed by atoms with E-state index in [-0.39, 0.29) is 11.5 Å². The Morgan fingerprint density at radius 1 is 1.32 bits per heavy atom. The molecule has 0 aromatic carbocycles. The molecule has 19 heavy (non-hydrogen) atoms. The summed E-state index contributed by atoms with van der Waals surface area (Å²) in [5, 5.41) is 2.98. The van der Waals surface area contributed by atoms with Gasteiger partial charge in [0.15, 0.2) is 0 Å². The van der Waals surface area contributed by atoms with Crippen molar-refractivity contribution in [2.75, 3.05) is 19.7 Å². The lowest BCUT2D eigenvalue weighted by molar-refractivity contribution is -0.123. The molecule has 0 aliphatic carbocycles. The molecule has 0 spiro atoms. The summed E-state index contributed by atoms with van der Waals surface area (Å²) in [7, 11) is 0. The number of nitrogens with one attached hydrogen (secondary N) is 1. The van der Waals surface area contributed by atoms with Crippen LogP contribution in [0.5, 0.6) is 0 Å². The molecule has 0 heterocycles. The van der Waals surface area contributed by atoms with E-state index in [9.17, 15) is 4.79 Å². The number of amides is 1. The first-order valence-electron chi connectivity index (χ1n) is 7.54. The van der Waals surface area contributed by atoms with Gasteiger partial charge in [0.2, 0.25) is 5.91 Å². The van der Waals surface area contributed by atoms with E-state index < -0.39 is 0 Å². The molecule has 1 atom stereocenters. The van der Waals surface area contributed by atoms with Gasteiger partial charge in [-0.1, -0.05) is 27.2 Å². The minimum Gasteiger partial charge on any atom is -0.373 e. The van der Waals surface area contributed by atoms with Gasteiger partial charge >= 0.3 is 0 Å². The van der Waals surface area contributed by atoms with Crippen molar-refractivity contribution < 1.29 is 9.53 Å². The van der Waals surface area contributed by atoms with Crippen LogP contribution in [0, 0.1) is 5.92 Å². The maximum Gasteiger partial charge on any atom is 0.220 e. The van der Waals surface area contributed by atoms with Crippen LogP contribution in [-0.4, -0.2) is 31.2 Å². The molecular weight excluding hydrogens is 240 g/mol. The third-order valence-corrected chi connectivity index (χ3v) is 3.28. The zero-order chi connectivity index (χ0) is 14.7. The van der Waals surface area contributed by atoms with Crippen molar-refractivity contribution >= 4 is 5.91 Å². The second kappa shape index (κ2) is 10.2. The van der Waals surface area contributed by atoms with Gasteiger partial charge in [-0.15, -0.1) is 0 Å². The molecule has 1 amide bonds. The van der Waals surface area contributed by atoms with Gasteiger partial charge in [-0.3, -0.25) is 4.79 Å². The lowest BCUT2D eigenvalue weighted by Crippen LogP contribution is -2.43. The van der Waals surface area contributed by atoms with E-state index in [1.54, 1.807) is 0 Å². The van der Waals surface area contributed by atoms with Crippen LogP contribution in [0.4, 0.5) is 0 Å². The molecule has 0 aromatic rings. The van der Waals surface area contributed by atoms with Gasteiger partial charge in [-0.05, 0) is 38.6 Å². The number of rotatable bonds is 11. The molecule has 0 aliphatic rings. The molecule has 0 aromatic heterocycles. The standard InChI is InChI=1S/C15H32N2O2/c1-5-15(4,19-11-13(2)3)12-17-14(18)9-7-6-8-10-16/h13H,5-12,16H2,1-4H3,(H,17,18). The number of carbonyl (C=O) groups is 1. The van der Waals surface area contributed by atoms with Crippen LogP contribution in [0.25, 0.3) is 0 Å². The smallest absolute Gasteiger partial charge is 0.220 e. The van der Waals surface area contributed by atoms with Crippen LogP contribution >= 0.6 is 0 Å². The van der Waals surface area contributed by atoms with Gasteiger partial charge in [-0.25, -0.2) is 0 Å². The van der Waals surface area contributed by atoms with E-state index >= 15 is 0 Å². The quantitative estimate of drug-likeness (QED) is 0.568. The fourth-order valence-corrected chi connectivity index (χ4v) is 1.63. The first-order chi connectivity index (χ1) is 8.93. The highest BCUT2D eigenvalue weighted by Crippen LogP contribution is 2.15. The largest absolute Gasteiger partial charge is 0.373 e. The zero-order valence-corrected chi connectivity index (χ0v) is 13.1. The molecule has 0 saturated carbocycles. The van der Waals surface area contributed by atoms with Crippen molar-refractivity contribution in [3.63, 3.8) is 0 Å². The fraction of sp³-hybridized carbons (Fsp3) is 0.933. The van der Waals surface area contributed by atoms with Gasteiger partial charge in [0.25, 0.3) is 0 Å². The maximum absolute atomic E-state index is 11.7. The van der Waals surface area contributed by atoms with Crippen molar-refractivity contribution in [2.45, 2.75) is 65.4 Å². The monoisotopic (exact) mass is 272 g/mol. The summed E-state index contributed by atoms with van der Waals surface area (Å²) in [6.45, 7) is 10.4. The van der Waals surface area contributed by atoms with Gasteiger partial charge in [-0.2, -0.15) is 0 Å². The normalized spacial score (nSPS) is 14.4. The van der Waals surface area contributed by atoms with E-state index in [1.807, 2.05) is 0 Å². The molecule has 0 bridgehead atoms. The van der Waals surface area contributed by atoms with Gasteiger partial charge in [0.05, 0.1) is 5.60 Å². The number of unbranched alkanes of at least 4 members (excludes halogenated alkanes) is 2. The van der Waals surface area contributed by atoms with Crippen molar-refractivity contribution in [3.8, 4) is 0 Å². The second-order valence-electron chi connectivity index (χ2n) is 5.88. The van der Waals surface area contributed by atoms with Crippen LogP contribution in [0.2, 0.25) is 0 Å². The Kier molecular flexibility index (Phi) is 9.88. The lowest BCUT2D eigenvalue weighted by atomic mass is 10.0. The molecule has 1 unspecified atom stereocenters. The Balaban J connectivity index is 3.88. The first-order valence-corrected chi connectivity index (χ1v) is 7.54. The SMILES string of the molecule is CCC(C)(CNC(=O)CCCCCN)OCC(C)C. The molecule has 0 rings (SSSR count). The third kappa shape index (κ3) is 9.91. The summed E-state index contributed by atoms with van der Waals surface area (Å²) >= 11 is 0. The summed E-state index contributed by atoms with van der Waals surface area (Å²) in [6, 6.07) is 0. The maximum atomic E-state index is 11.7. The van der Waals surface area contributed by atoms with Crippen molar-refractivity contribution in [1.29, 1.82) is 0 Å². The number of nitrogens with two attached hydrogens (primary N) is 1. The molecule has 0 fully saturated rings. The van der Waals surface area contributed by atoms with Crippen LogP contribution in [0.15, 0.2) is 0 Å². The molecule has 4 nitrogen and oxygen atoms in total. The van der Waals surface area contributed by atoms with Crippen molar-refractivity contribution in [3.05, 3.63) is 0 Å². The molecule has 0 aliphatic heterocycles. The Bertz CT molecular complexity index is 244. The van der Waals surface area contributed by atoms with Crippen LogP contribution < -0.4 is 11.1 Å². The third-order valence-electron chi connectivity index (χ3n) is 3.28. The van der Waals surface area contributed by atoms with Crippen LogP contribution in [-0.2, 0) is 9.53 Å². The highest BCUT2D eigenvalue weighted by atomic mass is 16.5. The molecular formula is C15H32N2O2. The molecule has 0 saturated heterocycles. The summed E-state index contributed by atoms with van der Waals surface area (Å²) in [5.74, 6) is 0.627. The summed E-state index contributed by atoms with van der Waals surface area (Å²) in [5.41, 5.74) is 5.17. The number of carbonyl (C=O) groups excluding carboxylic acids is 1. The van der Waals surface area contributed by atoms with E-state index in [0.29, 0.717) is 25.4 Å². The topological polar surface area (TPSA) is 64.4 Å². The van der Waals surface area contributed by atoms with Gasteiger partial charge < -0.3 is 15.8 Å². The molecule has 0 radical (unpaired) electrons. The lowest BCUT2D eigenvalue weighted by Gasteiger charge is -2.30. The number of hydrogen-bond acceptors (Lipinski definition) is 3. The summed E-state index contributed by atoms with van der Waals surface area (Å²) < 4.78 is 5.90. The van der Waals surface area contributed by atoms with Crippen LogP contribution in [0.3, 0.4) is 0 Å². The Morgan fingerprint density at radius 2 is 2.00 bits per heavy atom. The molecule has 4 heteroatoms. The van der Waals surface area contributed by atoms with E-state index in [4.69, 9.17) is 10.5 Å². The summed E-state index contributed by atoms with van der Waals surface area (Å²) in [4.78, 5) is 11.7. The predicted molar refractivity (Wildman–Crippen MR) is 80.0 cm³/mol. The average Bonchev–Trinajstić information content (AvgIpc) is 2.39.